The third-order valence-corrected chi connectivity index (χ3v) is 6.11. The summed E-state index contributed by atoms with van der Waals surface area (Å²) in [6.07, 6.45) is 4.42. The van der Waals surface area contributed by atoms with E-state index in [1.165, 1.54) is 12.4 Å². The normalized spacial score (nSPS) is 18.1. The number of aliphatic hydroxyl groups is 1. The first-order valence-electron chi connectivity index (χ1n) is 11.1. The molecule has 9 heteroatoms. The summed E-state index contributed by atoms with van der Waals surface area (Å²) in [6, 6.07) is 6.48. The largest absolute Gasteiger partial charge is 0.494 e. The SMILES string of the molecule is C=C(COC)/C(=C/C[C@H](OC(=O)c1ccncc1)c1ccc(CO)o1)B1OC(C)(C)C(C)(C)O1. The van der Waals surface area contributed by atoms with Crippen LogP contribution in [0.1, 0.15) is 62.1 Å². The molecule has 0 saturated carbocycles. The van der Waals surface area contributed by atoms with Crippen LogP contribution < -0.4 is 0 Å². The summed E-state index contributed by atoms with van der Waals surface area (Å²) in [5.41, 5.74) is 0.700. The van der Waals surface area contributed by atoms with Gasteiger partial charge in [0.1, 0.15) is 18.1 Å². The minimum absolute atomic E-state index is 0.259. The molecule has 0 aromatic carbocycles. The van der Waals surface area contributed by atoms with Gasteiger partial charge in [-0.15, -0.1) is 0 Å². The third kappa shape index (κ3) is 5.85. The number of rotatable bonds is 10. The highest BCUT2D eigenvalue weighted by molar-refractivity contribution is 6.56. The second-order valence-corrected chi connectivity index (χ2v) is 9.11. The summed E-state index contributed by atoms with van der Waals surface area (Å²) < 4.78 is 29.2. The van der Waals surface area contributed by atoms with Crippen LogP contribution in [-0.2, 0) is 25.4 Å². The fourth-order valence-corrected chi connectivity index (χ4v) is 3.43. The Morgan fingerprint density at radius 2 is 1.82 bits per heavy atom. The maximum Gasteiger partial charge on any atom is 0.494 e. The summed E-state index contributed by atoms with van der Waals surface area (Å²) in [4.78, 5) is 16.7. The van der Waals surface area contributed by atoms with Crippen LogP contribution in [-0.4, -0.2) is 48.1 Å². The van der Waals surface area contributed by atoms with E-state index in [0.29, 0.717) is 28.1 Å². The molecule has 1 N–H and O–H groups in total. The van der Waals surface area contributed by atoms with Crippen molar-refractivity contribution in [2.24, 2.45) is 0 Å². The average molecular weight is 469 g/mol. The molecule has 0 amide bonds. The monoisotopic (exact) mass is 469 g/mol. The van der Waals surface area contributed by atoms with E-state index in [4.69, 9.17) is 23.2 Å². The van der Waals surface area contributed by atoms with Crippen LogP contribution in [0, 0.1) is 0 Å². The van der Waals surface area contributed by atoms with E-state index in [2.05, 4.69) is 11.6 Å². The zero-order chi connectivity index (χ0) is 24.9. The molecule has 3 heterocycles. The molecule has 0 spiro atoms. The first kappa shape index (κ1) is 25.9. The van der Waals surface area contributed by atoms with Crippen molar-refractivity contribution in [3.05, 3.63) is 77.4 Å². The van der Waals surface area contributed by atoms with Gasteiger partial charge in [0, 0.05) is 25.9 Å². The van der Waals surface area contributed by atoms with Gasteiger partial charge in [0.15, 0.2) is 6.10 Å². The van der Waals surface area contributed by atoms with Gasteiger partial charge in [-0.1, -0.05) is 12.7 Å². The first-order valence-corrected chi connectivity index (χ1v) is 11.1. The molecule has 8 nitrogen and oxygen atoms in total. The molecule has 1 aliphatic heterocycles. The van der Waals surface area contributed by atoms with Crippen molar-refractivity contribution < 1.29 is 33.1 Å². The van der Waals surface area contributed by atoms with E-state index in [0.717, 1.165) is 0 Å². The van der Waals surface area contributed by atoms with Crippen molar-refractivity contribution in [3.63, 3.8) is 0 Å². The van der Waals surface area contributed by atoms with Gasteiger partial charge in [0.05, 0.1) is 23.4 Å². The Hall–Kier alpha value is -2.72. The van der Waals surface area contributed by atoms with Gasteiger partial charge in [-0.05, 0) is 63.0 Å². The molecule has 1 fully saturated rings. The predicted molar refractivity (Wildman–Crippen MR) is 127 cm³/mol. The lowest BCUT2D eigenvalue weighted by Crippen LogP contribution is -2.41. The minimum Gasteiger partial charge on any atom is -0.460 e. The van der Waals surface area contributed by atoms with Crippen LogP contribution >= 0.6 is 0 Å². The molecule has 1 saturated heterocycles. The predicted octanol–water partition coefficient (Wildman–Crippen LogP) is 4.22. The van der Waals surface area contributed by atoms with Gasteiger partial charge in [-0.25, -0.2) is 4.79 Å². The summed E-state index contributed by atoms with van der Waals surface area (Å²) in [5.74, 6) is 0.267. The Labute approximate surface area is 200 Å². The Balaban J connectivity index is 1.90. The van der Waals surface area contributed by atoms with Crippen molar-refractivity contribution >= 4 is 13.1 Å². The highest BCUT2D eigenvalue weighted by Crippen LogP contribution is 2.40. The lowest BCUT2D eigenvalue weighted by molar-refractivity contribution is 0.00578. The average Bonchev–Trinajstić information content (AvgIpc) is 3.35. The highest BCUT2D eigenvalue weighted by atomic mass is 16.7. The first-order chi connectivity index (χ1) is 16.1. The summed E-state index contributed by atoms with van der Waals surface area (Å²) in [6.45, 7) is 12.1. The van der Waals surface area contributed by atoms with E-state index in [-0.39, 0.29) is 19.6 Å². The number of carbonyl (C=O) groups excluding carboxylic acids is 1. The number of hydrogen-bond donors (Lipinski definition) is 1. The number of hydrogen-bond acceptors (Lipinski definition) is 8. The van der Waals surface area contributed by atoms with Crippen LogP contribution in [0.4, 0.5) is 0 Å². The smallest absolute Gasteiger partial charge is 0.460 e. The van der Waals surface area contributed by atoms with Crippen molar-refractivity contribution in [2.45, 2.75) is 58.0 Å². The van der Waals surface area contributed by atoms with Crippen LogP contribution in [0.15, 0.2) is 64.8 Å². The molecule has 2 aromatic rings. The molecule has 182 valence electrons. The molecular formula is C25H32BNO7. The topological polar surface area (TPSA) is 100 Å². The molecule has 0 radical (unpaired) electrons. The number of aromatic nitrogens is 1. The molecule has 2 aromatic heterocycles. The Kier molecular flexibility index (Phi) is 8.15. The molecule has 0 aliphatic carbocycles. The van der Waals surface area contributed by atoms with Crippen molar-refractivity contribution in [1.82, 2.24) is 4.98 Å². The van der Waals surface area contributed by atoms with E-state index >= 15 is 0 Å². The van der Waals surface area contributed by atoms with Gasteiger partial charge >= 0.3 is 13.1 Å². The van der Waals surface area contributed by atoms with Gasteiger partial charge < -0.3 is 28.3 Å². The van der Waals surface area contributed by atoms with Crippen LogP contribution in [0.3, 0.4) is 0 Å². The lowest BCUT2D eigenvalue weighted by Gasteiger charge is -2.32. The Bertz CT molecular complexity index is 1010. The third-order valence-electron chi connectivity index (χ3n) is 6.11. The molecule has 1 aliphatic rings. The Morgan fingerprint density at radius 3 is 2.38 bits per heavy atom. The number of furan rings is 1. The van der Waals surface area contributed by atoms with E-state index < -0.39 is 30.4 Å². The molecule has 34 heavy (non-hydrogen) atoms. The van der Waals surface area contributed by atoms with Gasteiger partial charge in [0.25, 0.3) is 0 Å². The highest BCUT2D eigenvalue weighted by Gasteiger charge is 2.52. The van der Waals surface area contributed by atoms with Crippen LogP contribution in [0.5, 0.6) is 0 Å². The minimum atomic E-state index is -0.756. The van der Waals surface area contributed by atoms with E-state index in [1.54, 1.807) is 31.4 Å². The fraction of sp³-hybridized carbons (Fsp3) is 0.440. The maximum atomic E-state index is 12.8. The van der Waals surface area contributed by atoms with Crippen molar-refractivity contribution in [2.75, 3.05) is 13.7 Å². The Morgan fingerprint density at radius 1 is 1.18 bits per heavy atom. The molecular weight excluding hydrogens is 437 g/mol. The van der Waals surface area contributed by atoms with Gasteiger partial charge in [-0.2, -0.15) is 0 Å². The number of esters is 1. The van der Waals surface area contributed by atoms with Crippen molar-refractivity contribution in [3.8, 4) is 0 Å². The van der Waals surface area contributed by atoms with Crippen LogP contribution in [0.2, 0.25) is 0 Å². The molecule has 1 atom stereocenters. The summed E-state index contributed by atoms with van der Waals surface area (Å²) in [7, 11) is 0.930. The molecule has 0 unspecified atom stereocenters. The van der Waals surface area contributed by atoms with Gasteiger partial charge in [0.2, 0.25) is 0 Å². The zero-order valence-electron chi connectivity index (χ0n) is 20.4. The number of methoxy groups -OCH3 is 1. The van der Waals surface area contributed by atoms with E-state index in [9.17, 15) is 9.90 Å². The standard InChI is InChI=1S/C25H32BNO7/c1-17(16-30-6)20(26-33-24(2,3)25(4,5)34-26)8-10-22(21-9-7-19(15-28)31-21)32-23(29)18-11-13-27-14-12-18/h7-9,11-14,22,28H,1,10,15-16H2,2-6H3/b20-8-/t22-/m0/s1. The van der Waals surface area contributed by atoms with E-state index in [1.807, 2.05) is 33.8 Å². The quantitative estimate of drug-likeness (QED) is 0.314. The number of ether oxygens (including phenoxy) is 2. The zero-order valence-corrected chi connectivity index (χ0v) is 20.4. The molecule has 0 bridgehead atoms. The number of nitrogens with zero attached hydrogens (tertiary/aromatic N) is 1. The van der Waals surface area contributed by atoms with Crippen molar-refractivity contribution in [1.29, 1.82) is 0 Å². The second-order valence-electron chi connectivity index (χ2n) is 9.11. The maximum absolute atomic E-state index is 12.8. The number of pyridine rings is 1. The van der Waals surface area contributed by atoms with Gasteiger partial charge in [-0.3, -0.25) is 4.98 Å². The van der Waals surface area contributed by atoms with Crippen LogP contribution in [0.25, 0.3) is 0 Å². The molecule has 3 rings (SSSR count). The summed E-state index contributed by atoms with van der Waals surface area (Å²) in [5, 5.41) is 9.41. The number of carbonyl (C=O) groups is 1. The summed E-state index contributed by atoms with van der Waals surface area (Å²) >= 11 is 0. The second kappa shape index (κ2) is 10.7. The number of aliphatic hydroxyl groups excluding tert-OH is 1. The lowest BCUT2D eigenvalue weighted by atomic mass is 9.73. The fourth-order valence-electron chi connectivity index (χ4n) is 3.43.